The molecular weight excluding hydrogens is 254 g/mol. The van der Waals surface area contributed by atoms with Crippen molar-refractivity contribution in [2.45, 2.75) is 25.4 Å². The van der Waals surface area contributed by atoms with Gasteiger partial charge in [0.15, 0.2) is 0 Å². The van der Waals surface area contributed by atoms with Crippen LogP contribution in [0.5, 0.6) is 0 Å². The first kappa shape index (κ1) is 13.1. The fraction of sp³-hybridized carbons (Fsp3) is 0.600. The van der Waals surface area contributed by atoms with E-state index in [-0.39, 0.29) is 0 Å². The molecule has 1 aromatic rings. The second kappa shape index (κ2) is 6.06. The lowest BCUT2D eigenvalue weighted by molar-refractivity contribution is 0.122. The number of nitrogens with two attached hydrogens (primary N) is 1. The van der Waals surface area contributed by atoms with Gasteiger partial charge in [-0.2, -0.15) is 0 Å². The van der Waals surface area contributed by atoms with E-state index in [1.54, 1.807) is 11.3 Å². The zero-order chi connectivity index (χ0) is 13.1. The summed E-state index contributed by atoms with van der Waals surface area (Å²) >= 11 is 1.80. The van der Waals surface area contributed by atoms with Crippen molar-refractivity contribution >= 4 is 11.3 Å². The Morgan fingerprint density at radius 1 is 1.21 bits per heavy atom. The van der Waals surface area contributed by atoms with E-state index in [0.717, 1.165) is 17.5 Å². The Bertz CT molecular complexity index is 473. The summed E-state index contributed by atoms with van der Waals surface area (Å²) in [5.74, 6) is 6.02. The molecule has 1 saturated carbocycles. The molecule has 19 heavy (non-hydrogen) atoms. The highest BCUT2D eigenvalue weighted by Crippen LogP contribution is 2.28. The van der Waals surface area contributed by atoms with Gasteiger partial charge in [0.1, 0.15) is 0 Å². The molecule has 3 rings (SSSR count). The smallest absolute Gasteiger partial charge is 0.0772 e. The van der Waals surface area contributed by atoms with Crippen LogP contribution in [0.1, 0.15) is 22.6 Å². The van der Waals surface area contributed by atoms with Crippen molar-refractivity contribution < 1.29 is 0 Å². The van der Waals surface area contributed by atoms with Crippen LogP contribution in [0.15, 0.2) is 12.1 Å². The van der Waals surface area contributed by atoms with Crippen LogP contribution in [0.3, 0.4) is 0 Å². The summed E-state index contributed by atoms with van der Waals surface area (Å²) in [7, 11) is 0. The van der Waals surface area contributed by atoms with E-state index in [9.17, 15) is 0 Å². The van der Waals surface area contributed by atoms with Gasteiger partial charge in [-0.25, -0.2) is 0 Å². The van der Waals surface area contributed by atoms with E-state index in [1.165, 1.54) is 43.9 Å². The van der Waals surface area contributed by atoms with Gasteiger partial charge in [-0.1, -0.05) is 11.8 Å². The molecule has 2 fully saturated rings. The third-order valence-corrected chi connectivity index (χ3v) is 4.81. The number of hydrogen-bond donors (Lipinski definition) is 1. The molecule has 0 amide bonds. The quantitative estimate of drug-likeness (QED) is 0.845. The standard InChI is InChI=1S/C15H21N3S/c16-7-1-2-14-5-6-15(19-14)12-17-8-10-18(11-9-17)13-3-4-13/h5-6,13H,3-4,7-12,16H2. The molecule has 1 aliphatic heterocycles. The Hall–Kier alpha value is -0.860. The first-order valence-corrected chi connectivity index (χ1v) is 7.91. The van der Waals surface area contributed by atoms with E-state index < -0.39 is 0 Å². The first-order chi connectivity index (χ1) is 9.35. The van der Waals surface area contributed by atoms with Gasteiger partial charge >= 0.3 is 0 Å². The van der Waals surface area contributed by atoms with Gasteiger partial charge in [-0.3, -0.25) is 9.80 Å². The molecule has 4 heteroatoms. The monoisotopic (exact) mass is 275 g/mol. The Labute approximate surface area is 119 Å². The maximum atomic E-state index is 5.39. The molecular formula is C15H21N3S. The lowest BCUT2D eigenvalue weighted by Gasteiger charge is -2.34. The van der Waals surface area contributed by atoms with Crippen LogP contribution in [-0.4, -0.2) is 48.6 Å². The summed E-state index contributed by atoms with van der Waals surface area (Å²) in [4.78, 5) is 7.77. The van der Waals surface area contributed by atoms with Gasteiger partial charge in [-0.05, 0) is 25.0 Å². The molecule has 0 unspecified atom stereocenters. The summed E-state index contributed by atoms with van der Waals surface area (Å²) < 4.78 is 0. The predicted molar refractivity (Wildman–Crippen MR) is 80.1 cm³/mol. The lowest BCUT2D eigenvalue weighted by Crippen LogP contribution is -2.46. The average molecular weight is 275 g/mol. The van der Waals surface area contributed by atoms with Gasteiger partial charge in [0.25, 0.3) is 0 Å². The molecule has 2 heterocycles. The van der Waals surface area contributed by atoms with Crippen LogP contribution in [0.4, 0.5) is 0 Å². The maximum absolute atomic E-state index is 5.39. The molecule has 0 atom stereocenters. The first-order valence-electron chi connectivity index (χ1n) is 7.09. The molecule has 2 N–H and O–H groups in total. The minimum Gasteiger partial charge on any atom is -0.320 e. The Kier molecular flexibility index (Phi) is 4.19. The number of piperazine rings is 1. The van der Waals surface area contributed by atoms with Crippen molar-refractivity contribution in [2.75, 3.05) is 32.7 Å². The SMILES string of the molecule is NCC#Cc1ccc(CN2CCN(C3CC3)CC2)s1. The number of thiophene rings is 1. The molecule has 0 bridgehead atoms. The minimum atomic E-state index is 0.441. The highest BCUT2D eigenvalue weighted by molar-refractivity contribution is 7.12. The zero-order valence-corrected chi connectivity index (χ0v) is 12.1. The zero-order valence-electron chi connectivity index (χ0n) is 11.3. The molecule has 3 nitrogen and oxygen atoms in total. The Morgan fingerprint density at radius 2 is 2.00 bits per heavy atom. The van der Waals surface area contributed by atoms with Crippen molar-refractivity contribution in [1.29, 1.82) is 0 Å². The summed E-state index contributed by atoms with van der Waals surface area (Å²) in [6, 6.07) is 5.24. The largest absolute Gasteiger partial charge is 0.320 e. The molecule has 0 radical (unpaired) electrons. The molecule has 1 aromatic heterocycles. The van der Waals surface area contributed by atoms with Crippen molar-refractivity contribution in [3.05, 3.63) is 21.9 Å². The molecule has 1 aliphatic carbocycles. The van der Waals surface area contributed by atoms with Crippen molar-refractivity contribution in [3.8, 4) is 11.8 Å². The van der Waals surface area contributed by atoms with Gasteiger partial charge < -0.3 is 5.73 Å². The third kappa shape index (κ3) is 3.58. The van der Waals surface area contributed by atoms with Gasteiger partial charge in [0, 0.05) is 43.6 Å². The Morgan fingerprint density at radius 3 is 2.68 bits per heavy atom. The number of rotatable bonds is 3. The predicted octanol–water partition coefficient (Wildman–Crippen LogP) is 1.34. The van der Waals surface area contributed by atoms with Crippen LogP contribution in [0.25, 0.3) is 0 Å². The summed E-state index contributed by atoms with van der Waals surface area (Å²) in [5, 5.41) is 0. The van der Waals surface area contributed by atoms with Crippen molar-refractivity contribution in [3.63, 3.8) is 0 Å². The summed E-state index contributed by atoms with van der Waals surface area (Å²) in [5.41, 5.74) is 5.39. The van der Waals surface area contributed by atoms with Gasteiger partial charge in [-0.15, -0.1) is 11.3 Å². The second-order valence-electron chi connectivity index (χ2n) is 5.32. The van der Waals surface area contributed by atoms with E-state index >= 15 is 0 Å². The molecule has 1 saturated heterocycles. The second-order valence-corrected chi connectivity index (χ2v) is 6.48. The topological polar surface area (TPSA) is 32.5 Å². The maximum Gasteiger partial charge on any atom is 0.0772 e. The molecule has 2 aliphatic rings. The van der Waals surface area contributed by atoms with E-state index in [4.69, 9.17) is 5.73 Å². The summed E-state index contributed by atoms with van der Waals surface area (Å²) in [6.07, 6.45) is 2.85. The fourth-order valence-electron chi connectivity index (χ4n) is 2.61. The lowest BCUT2D eigenvalue weighted by atomic mass is 10.3. The molecule has 0 spiro atoms. The van der Waals surface area contributed by atoms with Crippen molar-refractivity contribution in [2.24, 2.45) is 5.73 Å². The van der Waals surface area contributed by atoms with E-state index in [0.29, 0.717) is 6.54 Å². The Balaban J connectivity index is 1.49. The molecule has 102 valence electrons. The number of nitrogens with zero attached hydrogens (tertiary/aromatic N) is 2. The van der Waals surface area contributed by atoms with Crippen LogP contribution in [0, 0.1) is 11.8 Å². The highest BCUT2D eigenvalue weighted by Gasteiger charge is 2.31. The van der Waals surface area contributed by atoms with Crippen molar-refractivity contribution in [1.82, 2.24) is 9.80 Å². The van der Waals surface area contributed by atoms with Gasteiger partial charge in [0.2, 0.25) is 0 Å². The average Bonchev–Trinajstić information content (AvgIpc) is 3.19. The minimum absolute atomic E-state index is 0.441. The molecule has 0 aromatic carbocycles. The fourth-order valence-corrected chi connectivity index (χ4v) is 3.54. The van der Waals surface area contributed by atoms with E-state index in [1.807, 2.05) is 0 Å². The van der Waals surface area contributed by atoms with Gasteiger partial charge in [0.05, 0.1) is 11.4 Å². The van der Waals surface area contributed by atoms with Crippen LogP contribution in [-0.2, 0) is 6.54 Å². The highest BCUT2D eigenvalue weighted by atomic mass is 32.1. The van der Waals surface area contributed by atoms with Crippen LogP contribution in [0.2, 0.25) is 0 Å². The number of hydrogen-bond acceptors (Lipinski definition) is 4. The van der Waals surface area contributed by atoms with E-state index in [2.05, 4.69) is 33.8 Å². The normalized spacial score (nSPS) is 21.1. The van der Waals surface area contributed by atoms with Crippen LogP contribution >= 0.6 is 11.3 Å². The summed E-state index contributed by atoms with van der Waals surface area (Å²) in [6.45, 7) is 6.42. The van der Waals surface area contributed by atoms with Crippen LogP contribution < -0.4 is 5.73 Å². The third-order valence-electron chi connectivity index (χ3n) is 3.82.